The van der Waals surface area contributed by atoms with Crippen LogP contribution in [0.2, 0.25) is 0 Å². The zero-order valence-corrected chi connectivity index (χ0v) is 11.7. The maximum Gasteiger partial charge on any atom is 0.248 e. The number of benzene rings is 1. The van der Waals surface area contributed by atoms with Crippen LogP contribution in [0, 0.1) is 0 Å². The van der Waals surface area contributed by atoms with E-state index in [0.29, 0.717) is 24.0 Å². The summed E-state index contributed by atoms with van der Waals surface area (Å²) in [6.07, 6.45) is 0. The highest BCUT2D eigenvalue weighted by Gasteiger charge is 2.21. The van der Waals surface area contributed by atoms with Crippen molar-refractivity contribution >= 4 is 20.9 Å². The first kappa shape index (κ1) is 13.8. The molecule has 0 bridgehead atoms. The normalized spacial score (nSPS) is 12.2. The van der Waals surface area contributed by atoms with Gasteiger partial charge in [0.1, 0.15) is 0 Å². The first-order chi connectivity index (χ1) is 8.98. The molecule has 102 valence electrons. The van der Waals surface area contributed by atoms with Crippen molar-refractivity contribution in [1.29, 1.82) is 0 Å². The predicted molar refractivity (Wildman–Crippen MR) is 74.7 cm³/mol. The van der Waals surface area contributed by atoms with Crippen molar-refractivity contribution in [2.24, 2.45) is 0 Å². The van der Waals surface area contributed by atoms with Crippen molar-refractivity contribution in [2.45, 2.75) is 18.7 Å². The van der Waals surface area contributed by atoms with Crippen LogP contribution in [0.15, 0.2) is 40.0 Å². The van der Waals surface area contributed by atoms with Crippen molar-refractivity contribution in [2.75, 3.05) is 13.1 Å². The Balaban J connectivity index is 2.58. The number of aromatic amines is 1. The van der Waals surface area contributed by atoms with E-state index in [1.807, 2.05) is 0 Å². The molecule has 0 aliphatic rings. The lowest BCUT2D eigenvalue weighted by Crippen LogP contribution is -2.30. The highest BCUT2D eigenvalue weighted by atomic mass is 32.2. The molecule has 1 aromatic heterocycles. The quantitative estimate of drug-likeness (QED) is 0.924. The lowest BCUT2D eigenvalue weighted by Gasteiger charge is -2.18. The fourth-order valence-electron chi connectivity index (χ4n) is 2.01. The van der Waals surface area contributed by atoms with E-state index in [2.05, 4.69) is 4.98 Å². The summed E-state index contributed by atoms with van der Waals surface area (Å²) in [5.41, 5.74) is 0.429. The van der Waals surface area contributed by atoms with E-state index in [1.54, 1.807) is 32.0 Å². The van der Waals surface area contributed by atoms with E-state index in [-0.39, 0.29) is 10.5 Å². The number of hydrogen-bond acceptors (Lipinski definition) is 3. The largest absolute Gasteiger partial charge is 0.322 e. The van der Waals surface area contributed by atoms with Gasteiger partial charge in [-0.05, 0) is 29.7 Å². The maximum absolute atomic E-state index is 12.4. The van der Waals surface area contributed by atoms with Gasteiger partial charge in [0.2, 0.25) is 15.6 Å². The number of aromatic nitrogens is 1. The molecule has 0 atom stereocenters. The lowest BCUT2D eigenvalue weighted by atomic mass is 10.2. The molecule has 0 radical (unpaired) electrons. The van der Waals surface area contributed by atoms with Crippen LogP contribution >= 0.6 is 0 Å². The third-order valence-corrected chi connectivity index (χ3v) is 5.08. The lowest BCUT2D eigenvalue weighted by molar-refractivity contribution is 0.445. The molecule has 0 aliphatic heterocycles. The van der Waals surface area contributed by atoms with Crippen molar-refractivity contribution in [1.82, 2.24) is 9.29 Å². The smallest absolute Gasteiger partial charge is 0.248 e. The molecule has 5 nitrogen and oxygen atoms in total. The van der Waals surface area contributed by atoms with Gasteiger partial charge in [0, 0.05) is 24.7 Å². The molecule has 0 fully saturated rings. The molecular weight excluding hydrogens is 264 g/mol. The Morgan fingerprint density at radius 2 is 1.79 bits per heavy atom. The fourth-order valence-corrected chi connectivity index (χ4v) is 3.50. The average Bonchev–Trinajstić information content (AvgIpc) is 2.39. The molecule has 0 spiro atoms. The van der Waals surface area contributed by atoms with Gasteiger partial charge in [-0.3, -0.25) is 4.79 Å². The molecule has 0 unspecified atom stereocenters. The number of rotatable bonds is 4. The summed E-state index contributed by atoms with van der Waals surface area (Å²) in [6, 6.07) is 7.73. The van der Waals surface area contributed by atoms with Gasteiger partial charge in [-0.2, -0.15) is 4.31 Å². The number of nitrogens with one attached hydrogen (secondary N) is 1. The first-order valence-electron chi connectivity index (χ1n) is 6.12. The maximum atomic E-state index is 12.4. The minimum Gasteiger partial charge on any atom is -0.322 e. The highest BCUT2D eigenvalue weighted by Crippen LogP contribution is 2.19. The Bertz CT molecular complexity index is 746. The summed E-state index contributed by atoms with van der Waals surface area (Å²) in [5.74, 6) is 0. The van der Waals surface area contributed by atoms with Crippen molar-refractivity contribution in [3.63, 3.8) is 0 Å². The summed E-state index contributed by atoms with van der Waals surface area (Å²) >= 11 is 0. The van der Waals surface area contributed by atoms with Crippen molar-refractivity contribution in [3.05, 3.63) is 40.7 Å². The SMILES string of the molecule is CCN(CC)S(=O)(=O)c1ccc2[nH]c(=O)ccc2c1. The van der Waals surface area contributed by atoms with Crippen LogP contribution in [0.3, 0.4) is 0 Å². The Morgan fingerprint density at radius 3 is 2.42 bits per heavy atom. The molecule has 0 amide bonds. The van der Waals surface area contributed by atoms with Gasteiger partial charge in [0.25, 0.3) is 0 Å². The average molecular weight is 280 g/mol. The number of sulfonamides is 1. The highest BCUT2D eigenvalue weighted by molar-refractivity contribution is 7.89. The van der Waals surface area contributed by atoms with E-state index in [0.717, 1.165) is 0 Å². The fraction of sp³-hybridized carbons (Fsp3) is 0.308. The Hall–Kier alpha value is -1.66. The number of H-pyrrole nitrogens is 1. The standard InChI is InChI=1S/C13H16N2O3S/c1-3-15(4-2)19(17,18)11-6-7-12-10(9-11)5-8-13(16)14-12/h5-9H,3-4H2,1-2H3,(H,14,16). The Kier molecular flexibility index (Phi) is 3.73. The number of nitrogens with zero attached hydrogens (tertiary/aromatic N) is 1. The van der Waals surface area contributed by atoms with Crippen LogP contribution in [0.25, 0.3) is 10.9 Å². The Morgan fingerprint density at radius 1 is 1.11 bits per heavy atom. The van der Waals surface area contributed by atoms with Crippen LogP contribution < -0.4 is 5.56 Å². The molecule has 0 saturated carbocycles. The van der Waals surface area contributed by atoms with Crippen molar-refractivity contribution < 1.29 is 8.42 Å². The molecular formula is C13H16N2O3S. The second-order valence-corrected chi connectivity index (χ2v) is 6.10. The summed E-state index contributed by atoms with van der Waals surface area (Å²) in [7, 11) is -3.46. The molecule has 2 aromatic rings. The third-order valence-electron chi connectivity index (χ3n) is 3.04. The zero-order valence-electron chi connectivity index (χ0n) is 10.9. The molecule has 2 rings (SSSR count). The molecule has 1 heterocycles. The topological polar surface area (TPSA) is 70.2 Å². The third kappa shape index (κ3) is 2.54. The molecule has 6 heteroatoms. The van der Waals surface area contributed by atoms with Crippen LogP contribution in [0.4, 0.5) is 0 Å². The monoisotopic (exact) mass is 280 g/mol. The predicted octanol–water partition coefficient (Wildman–Crippen LogP) is 1.56. The van der Waals surface area contributed by atoms with Gasteiger partial charge in [0.15, 0.2) is 0 Å². The molecule has 1 N–H and O–H groups in total. The van der Waals surface area contributed by atoms with Crippen molar-refractivity contribution in [3.8, 4) is 0 Å². The minimum atomic E-state index is -3.46. The van der Waals surface area contributed by atoms with Gasteiger partial charge >= 0.3 is 0 Å². The summed E-state index contributed by atoms with van der Waals surface area (Å²) in [4.78, 5) is 14.1. The van der Waals surface area contributed by atoms with E-state index in [4.69, 9.17) is 0 Å². The minimum absolute atomic E-state index is 0.202. The molecule has 0 aliphatic carbocycles. The van der Waals surface area contributed by atoms with Crippen LogP contribution in [0.1, 0.15) is 13.8 Å². The number of fused-ring (bicyclic) bond motifs is 1. The Labute approximate surface area is 111 Å². The summed E-state index contributed by atoms with van der Waals surface area (Å²) in [5, 5.41) is 0.702. The summed E-state index contributed by atoms with van der Waals surface area (Å²) in [6.45, 7) is 4.48. The molecule has 0 saturated heterocycles. The van der Waals surface area contributed by atoms with Gasteiger partial charge in [-0.25, -0.2) is 8.42 Å². The van der Waals surface area contributed by atoms with E-state index in [9.17, 15) is 13.2 Å². The van der Waals surface area contributed by atoms with Gasteiger partial charge in [-0.15, -0.1) is 0 Å². The second kappa shape index (κ2) is 5.14. The molecule has 1 aromatic carbocycles. The number of pyridine rings is 1. The zero-order chi connectivity index (χ0) is 14.0. The van der Waals surface area contributed by atoms with E-state index < -0.39 is 10.0 Å². The van der Waals surface area contributed by atoms with Crippen LogP contribution in [-0.2, 0) is 10.0 Å². The van der Waals surface area contributed by atoms with Gasteiger partial charge in [-0.1, -0.05) is 13.8 Å². The van der Waals surface area contributed by atoms with E-state index >= 15 is 0 Å². The first-order valence-corrected chi connectivity index (χ1v) is 7.56. The second-order valence-electron chi connectivity index (χ2n) is 4.16. The summed E-state index contributed by atoms with van der Waals surface area (Å²) < 4.78 is 26.1. The number of hydrogen-bond donors (Lipinski definition) is 1. The molecule has 19 heavy (non-hydrogen) atoms. The van der Waals surface area contributed by atoms with Crippen LogP contribution in [-0.4, -0.2) is 30.8 Å². The van der Waals surface area contributed by atoms with Gasteiger partial charge in [0.05, 0.1) is 4.90 Å². The van der Waals surface area contributed by atoms with Gasteiger partial charge < -0.3 is 4.98 Å². The van der Waals surface area contributed by atoms with Crippen LogP contribution in [0.5, 0.6) is 0 Å². The van der Waals surface area contributed by atoms with E-state index in [1.165, 1.54) is 16.4 Å².